The molecular formula is C19H20BrN3O3. The lowest BCUT2D eigenvalue weighted by Crippen LogP contribution is -3.00. The third-order valence-corrected chi connectivity index (χ3v) is 4.08. The van der Waals surface area contributed by atoms with Crippen LogP contribution in [0.2, 0.25) is 0 Å². The summed E-state index contributed by atoms with van der Waals surface area (Å²) in [7, 11) is 1.63. The molecule has 0 aliphatic carbocycles. The fourth-order valence-electron chi connectivity index (χ4n) is 2.79. The van der Waals surface area contributed by atoms with Crippen LogP contribution in [-0.2, 0) is 11.3 Å². The fraction of sp³-hybridized carbons (Fsp3) is 0.211. The zero-order valence-electron chi connectivity index (χ0n) is 14.4. The van der Waals surface area contributed by atoms with E-state index in [0.29, 0.717) is 18.8 Å². The van der Waals surface area contributed by atoms with E-state index in [2.05, 4.69) is 5.10 Å². The minimum absolute atomic E-state index is 0. The lowest BCUT2D eigenvalue weighted by atomic mass is 10.0. The largest absolute Gasteiger partial charge is 1.00 e. The molecule has 0 aliphatic heterocycles. The van der Waals surface area contributed by atoms with Gasteiger partial charge in [0, 0.05) is 17.4 Å². The molecule has 6 nitrogen and oxygen atoms in total. The number of carbonyl (C=O) groups is 1. The average Bonchev–Trinajstić information content (AvgIpc) is 2.63. The summed E-state index contributed by atoms with van der Waals surface area (Å²) in [4.78, 5) is 10.8. The highest BCUT2D eigenvalue weighted by atomic mass is 79.9. The minimum Gasteiger partial charge on any atom is -1.00 e. The molecule has 2 aromatic carbocycles. The number of nitrogens with two attached hydrogens (primary N) is 1. The second-order valence-corrected chi connectivity index (χ2v) is 5.73. The van der Waals surface area contributed by atoms with Crippen LogP contribution in [0.1, 0.15) is 12.8 Å². The van der Waals surface area contributed by atoms with E-state index in [1.807, 2.05) is 48.5 Å². The van der Waals surface area contributed by atoms with Crippen molar-refractivity contribution in [1.29, 1.82) is 0 Å². The van der Waals surface area contributed by atoms with Crippen molar-refractivity contribution < 1.29 is 36.3 Å². The van der Waals surface area contributed by atoms with Gasteiger partial charge in [-0.15, -0.1) is 4.68 Å². The molecule has 0 aliphatic rings. The number of ether oxygens (including phenoxy) is 1. The van der Waals surface area contributed by atoms with Crippen LogP contribution in [-0.4, -0.2) is 23.3 Å². The molecule has 0 spiro atoms. The first kappa shape index (κ1) is 19.7. The molecule has 3 rings (SSSR count). The summed E-state index contributed by atoms with van der Waals surface area (Å²) in [6.45, 7) is 0.451. The van der Waals surface area contributed by atoms with Crippen LogP contribution in [0, 0.1) is 0 Å². The van der Waals surface area contributed by atoms with Gasteiger partial charge in [0.05, 0.1) is 12.5 Å². The number of fused-ring (bicyclic) bond motifs is 1. The first-order chi connectivity index (χ1) is 12.1. The van der Waals surface area contributed by atoms with E-state index < -0.39 is 5.97 Å². The average molecular weight is 418 g/mol. The Hall–Kier alpha value is -2.67. The van der Waals surface area contributed by atoms with E-state index in [-0.39, 0.29) is 23.4 Å². The number of hydrogen-bond acceptors (Lipinski definition) is 4. The van der Waals surface area contributed by atoms with Gasteiger partial charge in [-0.25, -0.2) is 0 Å². The topological polar surface area (TPSA) is 89.3 Å². The summed E-state index contributed by atoms with van der Waals surface area (Å²) >= 11 is 0. The molecule has 0 amide bonds. The van der Waals surface area contributed by atoms with Gasteiger partial charge in [-0.3, -0.25) is 10.5 Å². The zero-order valence-corrected chi connectivity index (χ0v) is 15.9. The maximum absolute atomic E-state index is 10.8. The monoisotopic (exact) mass is 417 g/mol. The number of carboxylic acids is 1. The van der Waals surface area contributed by atoms with Gasteiger partial charge in [0.25, 0.3) is 0 Å². The van der Waals surface area contributed by atoms with E-state index in [1.165, 1.54) is 0 Å². The van der Waals surface area contributed by atoms with E-state index in [9.17, 15) is 4.79 Å². The van der Waals surface area contributed by atoms with Crippen LogP contribution in [0.4, 0.5) is 5.82 Å². The Morgan fingerprint density at radius 3 is 2.42 bits per heavy atom. The third-order valence-electron chi connectivity index (χ3n) is 4.08. The highest BCUT2D eigenvalue weighted by Gasteiger charge is 2.17. The summed E-state index contributed by atoms with van der Waals surface area (Å²) in [6, 6.07) is 15.5. The standard InChI is InChI=1S/C19H19N3O3.BrH/c1-25-14-10-8-13(9-11-14)18-15-5-2-3-6-16(15)19(20)22(21-18)12-4-7-17(23)24;/h2-3,5-6,8-11,20H,4,7,12H2,1H3,(H,23,24);1H. The van der Waals surface area contributed by atoms with Gasteiger partial charge in [0.15, 0.2) is 0 Å². The molecule has 0 saturated heterocycles. The molecule has 136 valence electrons. The van der Waals surface area contributed by atoms with Crippen LogP contribution in [0.5, 0.6) is 5.75 Å². The predicted molar refractivity (Wildman–Crippen MR) is 95.2 cm³/mol. The molecule has 3 aromatic rings. The van der Waals surface area contributed by atoms with Crippen molar-refractivity contribution in [1.82, 2.24) is 5.10 Å². The number of aryl methyl sites for hydroxylation is 1. The van der Waals surface area contributed by atoms with Gasteiger partial charge in [0.2, 0.25) is 0 Å². The number of carboxylic acid groups (broad SMARTS) is 1. The van der Waals surface area contributed by atoms with E-state index >= 15 is 0 Å². The van der Waals surface area contributed by atoms with Gasteiger partial charge < -0.3 is 26.8 Å². The molecule has 1 aromatic heterocycles. The molecule has 0 unspecified atom stereocenters. The minimum atomic E-state index is -0.824. The van der Waals surface area contributed by atoms with E-state index in [4.69, 9.17) is 15.6 Å². The number of halogens is 1. The Balaban J connectivity index is 0.00000243. The molecule has 0 bridgehead atoms. The normalized spacial score (nSPS) is 10.3. The van der Waals surface area contributed by atoms with Crippen molar-refractivity contribution in [2.45, 2.75) is 19.4 Å². The SMILES string of the molecule is COc1ccc(-c2n[n+](CCCC(=O)O)c(N)c3ccccc23)cc1.[Br-]. The van der Waals surface area contributed by atoms with Crippen molar-refractivity contribution >= 4 is 22.6 Å². The van der Waals surface area contributed by atoms with Gasteiger partial charge in [0.1, 0.15) is 18.0 Å². The van der Waals surface area contributed by atoms with Gasteiger partial charge in [-0.1, -0.05) is 23.3 Å². The molecule has 3 N–H and O–H groups in total. The summed E-state index contributed by atoms with van der Waals surface area (Å²) in [5, 5.41) is 15.4. The molecular weight excluding hydrogens is 398 g/mol. The van der Waals surface area contributed by atoms with Crippen molar-refractivity contribution in [2.75, 3.05) is 12.8 Å². The van der Waals surface area contributed by atoms with Gasteiger partial charge in [-0.05, 0) is 36.8 Å². The van der Waals surface area contributed by atoms with Crippen molar-refractivity contribution in [3.05, 3.63) is 48.5 Å². The molecule has 1 heterocycles. The Bertz CT molecular complexity index is 914. The highest BCUT2D eigenvalue weighted by molar-refractivity contribution is 5.98. The number of aliphatic carboxylic acids is 1. The Morgan fingerprint density at radius 2 is 1.81 bits per heavy atom. The van der Waals surface area contributed by atoms with Gasteiger partial charge in [-0.2, -0.15) is 0 Å². The van der Waals surface area contributed by atoms with Crippen molar-refractivity contribution in [3.63, 3.8) is 0 Å². The van der Waals surface area contributed by atoms with Crippen LogP contribution in [0.3, 0.4) is 0 Å². The number of anilines is 1. The van der Waals surface area contributed by atoms with Gasteiger partial charge >= 0.3 is 11.8 Å². The summed E-state index contributed by atoms with van der Waals surface area (Å²) < 4.78 is 6.90. The van der Waals surface area contributed by atoms with Crippen molar-refractivity contribution in [2.24, 2.45) is 0 Å². The number of hydrogen-bond donors (Lipinski definition) is 2. The summed E-state index contributed by atoms with van der Waals surface area (Å²) in [5.41, 5.74) is 8.02. The van der Waals surface area contributed by atoms with Crippen LogP contribution < -0.4 is 32.1 Å². The number of nitrogens with zero attached hydrogens (tertiary/aromatic N) is 2. The van der Waals surface area contributed by atoms with Crippen molar-refractivity contribution in [3.8, 4) is 17.0 Å². The molecule has 0 atom stereocenters. The molecule has 0 radical (unpaired) electrons. The first-order valence-corrected chi connectivity index (χ1v) is 8.04. The Morgan fingerprint density at radius 1 is 1.15 bits per heavy atom. The van der Waals surface area contributed by atoms with E-state index in [1.54, 1.807) is 11.8 Å². The smallest absolute Gasteiger partial charge is 0.303 e. The quantitative estimate of drug-likeness (QED) is 0.535. The maximum Gasteiger partial charge on any atom is 0.303 e. The molecule has 26 heavy (non-hydrogen) atoms. The first-order valence-electron chi connectivity index (χ1n) is 8.04. The fourth-order valence-corrected chi connectivity index (χ4v) is 2.79. The predicted octanol–water partition coefficient (Wildman–Crippen LogP) is -0.351. The second-order valence-electron chi connectivity index (χ2n) is 5.73. The molecule has 7 heteroatoms. The maximum atomic E-state index is 10.8. The number of rotatable bonds is 6. The summed E-state index contributed by atoms with van der Waals surface area (Å²) in [5.74, 6) is 0.492. The number of benzene rings is 2. The van der Waals surface area contributed by atoms with Crippen LogP contribution in [0.25, 0.3) is 22.0 Å². The molecule has 0 saturated carbocycles. The number of aromatic nitrogens is 2. The highest BCUT2D eigenvalue weighted by Crippen LogP contribution is 2.29. The Kier molecular flexibility index (Phi) is 6.52. The Labute approximate surface area is 162 Å². The zero-order chi connectivity index (χ0) is 17.8. The number of methoxy groups -OCH3 is 1. The third kappa shape index (κ3) is 4.11. The van der Waals surface area contributed by atoms with Crippen LogP contribution in [0.15, 0.2) is 48.5 Å². The van der Waals surface area contributed by atoms with E-state index in [0.717, 1.165) is 27.8 Å². The lowest BCUT2D eigenvalue weighted by molar-refractivity contribution is -0.738. The number of nitrogen functional groups attached to an aromatic ring is 1. The molecule has 0 fully saturated rings. The summed E-state index contributed by atoms with van der Waals surface area (Å²) in [6.07, 6.45) is 0.552. The van der Waals surface area contributed by atoms with Crippen LogP contribution >= 0.6 is 0 Å². The lowest BCUT2D eigenvalue weighted by Gasteiger charge is -2.10. The second kappa shape index (κ2) is 8.62.